The van der Waals surface area contributed by atoms with Crippen molar-refractivity contribution in [1.29, 1.82) is 0 Å². The molecule has 2 amide bonds. The van der Waals surface area contributed by atoms with Gasteiger partial charge in [-0.05, 0) is 55.5 Å². The lowest BCUT2D eigenvalue weighted by Gasteiger charge is -2.18. The monoisotopic (exact) mass is 442 g/mol. The quantitative estimate of drug-likeness (QED) is 0.534. The molecule has 30 heavy (non-hydrogen) atoms. The van der Waals surface area contributed by atoms with Gasteiger partial charge < -0.3 is 15.0 Å². The molecular weight excluding hydrogens is 423 g/mol. The van der Waals surface area contributed by atoms with Gasteiger partial charge in [0.15, 0.2) is 6.10 Å². The second-order valence-electron chi connectivity index (χ2n) is 6.60. The predicted octanol–water partition coefficient (Wildman–Crippen LogP) is 5.68. The number of ether oxygens (including phenoxy) is 1. The largest absolute Gasteiger partial charge is 0.479 e. The second-order valence-corrected chi connectivity index (χ2v) is 7.45. The lowest BCUT2D eigenvalue weighted by molar-refractivity contribution is -0.122. The van der Waals surface area contributed by atoms with E-state index in [1.165, 1.54) is 0 Å². The van der Waals surface area contributed by atoms with Crippen molar-refractivity contribution in [1.82, 2.24) is 0 Å². The number of amides is 2. The molecule has 3 aromatic carbocycles. The first-order valence-electron chi connectivity index (χ1n) is 9.21. The zero-order valence-corrected chi connectivity index (χ0v) is 17.9. The van der Waals surface area contributed by atoms with E-state index in [1.807, 2.05) is 30.3 Å². The van der Waals surface area contributed by atoms with Crippen LogP contribution in [0.2, 0.25) is 10.0 Å². The summed E-state index contributed by atoms with van der Waals surface area (Å²) in [6.07, 6.45) is -0.810. The highest BCUT2D eigenvalue weighted by atomic mass is 35.5. The third-order valence-electron chi connectivity index (χ3n) is 4.39. The second kappa shape index (κ2) is 9.65. The van der Waals surface area contributed by atoms with E-state index in [-0.39, 0.29) is 11.8 Å². The number of nitrogens with one attached hydrogen (secondary N) is 1. The number of carbonyl (C=O) groups is 2. The zero-order valence-electron chi connectivity index (χ0n) is 16.4. The highest BCUT2D eigenvalue weighted by Crippen LogP contribution is 2.28. The lowest BCUT2D eigenvalue weighted by atomic mass is 10.1. The molecule has 0 radical (unpaired) electrons. The molecule has 0 aliphatic carbocycles. The molecule has 5 nitrogen and oxygen atoms in total. The van der Waals surface area contributed by atoms with Gasteiger partial charge >= 0.3 is 0 Å². The molecule has 0 spiro atoms. The van der Waals surface area contributed by atoms with Crippen molar-refractivity contribution in [2.75, 3.05) is 17.3 Å². The van der Waals surface area contributed by atoms with E-state index in [0.29, 0.717) is 27.0 Å². The van der Waals surface area contributed by atoms with E-state index in [4.69, 9.17) is 27.9 Å². The van der Waals surface area contributed by atoms with Crippen LogP contribution in [0.4, 0.5) is 11.4 Å². The summed E-state index contributed by atoms with van der Waals surface area (Å²) in [6, 6.07) is 20.8. The minimum Gasteiger partial charge on any atom is -0.479 e. The Morgan fingerprint density at radius 1 is 0.967 bits per heavy atom. The molecule has 0 aromatic heterocycles. The van der Waals surface area contributed by atoms with E-state index in [0.717, 1.165) is 5.69 Å². The molecule has 1 atom stereocenters. The summed E-state index contributed by atoms with van der Waals surface area (Å²) in [6.45, 7) is 1.61. The highest BCUT2D eigenvalue weighted by Gasteiger charge is 2.18. The maximum atomic E-state index is 12.8. The maximum Gasteiger partial charge on any atom is 0.265 e. The Morgan fingerprint density at radius 3 is 2.40 bits per heavy atom. The van der Waals surface area contributed by atoms with Gasteiger partial charge in [0, 0.05) is 29.0 Å². The van der Waals surface area contributed by atoms with Crippen molar-refractivity contribution in [3.63, 3.8) is 0 Å². The number of nitrogens with zero attached hydrogens (tertiary/aromatic N) is 1. The van der Waals surface area contributed by atoms with Crippen LogP contribution in [-0.4, -0.2) is 25.0 Å². The van der Waals surface area contributed by atoms with E-state index in [2.05, 4.69) is 5.32 Å². The molecule has 0 aliphatic heterocycles. The summed E-state index contributed by atoms with van der Waals surface area (Å²) in [5.74, 6) is -0.200. The minimum absolute atomic E-state index is 0.186. The number of carbonyl (C=O) groups excluding carboxylic acids is 2. The molecule has 3 rings (SSSR count). The third kappa shape index (κ3) is 5.32. The molecule has 0 bridgehead atoms. The van der Waals surface area contributed by atoms with Crippen molar-refractivity contribution >= 4 is 46.4 Å². The fourth-order valence-corrected chi connectivity index (χ4v) is 3.20. The fraction of sp³-hybridized carbons (Fsp3) is 0.130. The van der Waals surface area contributed by atoms with Crippen molar-refractivity contribution in [3.05, 3.63) is 88.4 Å². The van der Waals surface area contributed by atoms with Crippen molar-refractivity contribution in [2.24, 2.45) is 0 Å². The molecule has 1 unspecified atom stereocenters. The Morgan fingerprint density at radius 2 is 1.70 bits per heavy atom. The molecule has 7 heteroatoms. The van der Waals surface area contributed by atoms with Crippen LogP contribution >= 0.6 is 23.2 Å². The van der Waals surface area contributed by atoms with Gasteiger partial charge in [-0.2, -0.15) is 0 Å². The van der Waals surface area contributed by atoms with Crippen molar-refractivity contribution in [2.45, 2.75) is 13.0 Å². The number of halogens is 2. The molecule has 0 saturated carbocycles. The minimum atomic E-state index is -0.810. The SMILES string of the molecule is CC(Oc1ccc(Cl)cc1Cl)C(=O)Nc1cccc(C(=O)N(C)c2ccccc2)c1. The van der Waals surface area contributed by atoms with E-state index >= 15 is 0 Å². The first-order chi connectivity index (χ1) is 14.3. The van der Waals surface area contributed by atoms with Crippen LogP contribution in [0, 0.1) is 0 Å². The zero-order chi connectivity index (χ0) is 21.7. The summed E-state index contributed by atoms with van der Waals surface area (Å²) in [5.41, 5.74) is 1.72. The Hall–Kier alpha value is -3.02. The highest BCUT2D eigenvalue weighted by molar-refractivity contribution is 6.35. The number of hydrogen-bond donors (Lipinski definition) is 1. The van der Waals surface area contributed by atoms with E-state index in [1.54, 1.807) is 61.3 Å². The molecule has 3 aromatic rings. The van der Waals surface area contributed by atoms with E-state index < -0.39 is 6.10 Å². The van der Waals surface area contributed by atoms with Crippen LogP contribution < -0.4 is 15.0 Å². The average molecular weight is 443 g/mol. The first kappa shape index (κ1) is 21.7. The summed E-state index contributed by atoms with van der Waals surface area (Å²) in [7, 11) is 1.70. The van der Waals surface area contributed by atoms with Gasteiger partial charge in [-0.1, -0.05) is 47.5 Å². The fourth-order valence-electron chi connectivity index (χ4n) is 2.75. The van der Waals surface area contributed by atoms with Gasteiger partial charge in [-0.15, -0.1) is 0 Å². The summed E-state index contributed by atoms with van der Waals surface area (Å²) < 4.78 is 5.63. The summed E-state index contributed by atoms with van der Waals surface area (Å²) in [4.78, 5) is 26.9. The molecule has 0 aliphatic rings. The number of hydrogen-bond acceptors (Lipinski definition) is 3. The Kier molecular flexibility index (Phi) is 6.98. The molecular formula is C23H20Cl2N2O3. The number of rotatable bonds is 6. The average Bonchev–Trinajstić information content (AvgIpc) is 2.75. The van der Waals surface area contributed by atoms with Gasteiger partial charge in [0.25, 0.3) is 11.8 Å². The predicted molar refractivity (Wildman–Crippen MR) is 121 cm³/mol. The van der Waals surface area contributed by atoms with Crippen LogP contribution in [0.15, 0.2) is 72.8 Å². The number of benzene rings is 3. The van der Waals surface area contributed by atoms with Crippen LogP contribution in [-0.2, 0) is 4.79 Å². The molecule has 0 fully saturated rings. The van der Waals surface area contributed by atoms with Crippen LogP contribution in [0.5, 0.6) is 5.75 Å². The van der Waals surface area contributed by atoms with Gasteiger partial charge in [0.2, 0.25) is 0 Å². The summed E-state index contributed by atoms with van der Waals surface area (Å²) >= 11 is 12.0. The Bertz CT molecular complexity index is 1060. The van der Waals surface area contributed by atoms with Gasteiger partial charge in [0.1, 0.15) is 5.75 Å². The van der Waals surface area contributed by atoms with Crippen LogP contribution in [0.1, 0.15) is 17.3 Å². The maximum absolute atomic E-state index is 12.8. The molecule has 0 saturated heterocycles. The standard InChI is InChI=1S/C23H20Cl2N2O3/c1-15(30-21-12-11-17(24)14-20(21)25)22(28)26-18-8-6-7-16(13-18)23(29)27(2)19-9-4-3-5-10-19/h3-15H,1-2H3,(H,26,28). The Balaban J connectivity index is 1.68. The smallest absolute Gasteiger partial charge is 0.265 e. The molecule has 154 valence electrons. The van der Waals surface area contributed by atoms with Crippen molar-refractivity contribution in [3.8, 4) is 5.75 Å². The molecule has 1 N–H and O–H groups in total. The van der Waals surface area contributed by atoms with Gasteiger partial charge in [-0.3, -0.25) is 9.59 Å². The Labute approximate surface area is 185 Å². The molecule has 0 heterocycles. The summed E-state index contributed by atoms with van der Waals surface area (Å²) in [5, 5.41) is 3.56. The normalized spacial score (nSPS) is 11.5. The van der Waals surface area contributed by atoms with Crippen molar-refractivity contribution < 1.29 is 14.3 Å². The van der Waals surface area contributed by atoms with Gasteiger partial charge in [-0.25, -0.2) is 0 Å². The first-order valence-corrected chi connectivity index (χ1v) is 9.96. The topological polar surface area (TPSA) is 58.6 Å². The third-order valence-corrected chi connectivity index (χ3v) is 4.92. The van der Waals surface area contributed by atoms with Crippen LogP contribution in [0.3, 0.4) is 0 Å². The number of para-hydroxylation sites is 1. The lowest BCUT2D eigenvalue weighted by Crippen LogP contribution is -2.30. The number of anilines is 2. The van der Waals surface area contributed by atoms with Crippen LogP contribution in [0.25, 0.3) is 0 Å². The van der Waals surface area contributed by atoms with Gasteiger partial charge in [0.05, 0.1) is 5.02 Å². The van der Waals surface area contributed by atoms with E-state index in [9.17, 15) is 9.59 Å².